The first-order valence-electron chi connectivity index (χ1n) is 4.52. The molecular formula is C9H19NO. The maximum absolute atomic E-state index is 10.1. The lowest BCUT2D eigenvalue weighted by atomic mass is 10.1. The standard InChI is InChI=1S/C9H19NO/c1-2-3-4-5-6-7-9(10)8-11/h8-9H,2-7,10H2,1H3/t9-/m0/s1. The molecule has 0 aromatic rings. The lowest BCUT2D eigenvalue weighted by Gasteiger charge is -2.02. The third-order valence-electron chi connectivity index (χ3n) is 1.82. The molecule has 2 heteroatoms. The maximum Gasteiger partial charge on any atom is 0.136 e. The van der Waals surface area contributed by atoms with Crippen molar-refractivity contribution < 1.29 is 4.79 Å². The van der Waals surface area contributed by atoms with Gasteiger partial charge in [-0.2, -0.15) is 0 Å². The molecule has 0 fully saturated rings. The first-order valence-corrected chi connectivity index (χ1v) is 4.52. The number of nitrogens with two attached hydrogens (primary N) is 1. The Bertz CT molecular complexity index is 93.6. The largest absolute Gasteiger partial charge is 0.322 e. The first-order chi connectivity index (χ1) is 5.31. The Hall–Kier alpha value is -0.370. The third kappa shape index (κ3) is 7.53. The lowest BCUT2D eigenvalue weighted by molar-refractivity contribution is -0.109. The molecule has 66 valence electrons. The van der Waals surface area contributed by atoms with Crippen molar-refractivity contribution >= 4 is 6.29 Å². The molecule has 0 heterocycles. The second-order valence-electron chi connectivity index (χ2n) is 3.00. The van der Waals surface area contributed by atoms with Crippen molar-refractivity contribution in [3.63, 3.8) is 0 Å². The van der Waals surface area contributed by atoms with E-state index >= 15 is 0 Å². The van der Waals surface area contributed by atoms with Crippen molar-refractivity contribution in [3.8, 4) is 0 Å². The van der Waals surface area contributed by atoms with Gasteiger partial charge < -0.3 is 10.5 Å². The van der Waals surface area contributed by atoms with Crippen molar-refractivity contribution in [3.05, 3.63) is 0 Å². The summed E-state index contributed by atoms with van der Waals surface area (Å²) < 4.78 is 0. The summed E-state index contributed by atoms with van der Waals surface area (Å²) >= 11 is 0. The molecule has 0 radical (unpaired) electrons. The molecule has 0 aliphatic heterocycles. The van der Waals surface area contributed by atoms with E-state index in [1.54, 1.807) is 0 Å². The smallest absolute Gasteiger partial charge is 0.136 e. The van der Waals surface area contributed by atoms with Crippen molar-refractivity contribution in [2.24, 2.45) is 5.73 Å². The molecule has 0 aliphatic carbocycles. The van der Waals surface area contributed by atoms with Crippen molar-refractivity contribution in [1.82, 2.24) is 0 Å². The van der Waals surface area contributed by atoms with Gasteiger partial charge in [0.05, 0.1) is 6.04 Å². The van der Waals surface area contributed by atoms with Gasteiger partial charge in [0.15, 0.2) is 0 Å². The highest BCUT2D eigenvalue weighted by molar-refractivity contribution is 5.56. The van der Waals surface area contributed by atoms with E-state index in [0.717, 1.165) is 19.1 Å². The van der Waals surface area contributed by atoms with Crippen LogP contribution in [0.1, 0.15) is 45.4 Å². The number of hydrogen-bond acceptors (Lipinski definition) is 2. The lowest BCUT2D eigenvalue weighted by Crippen LogP contribution is -2.20. The van der Waals surface area contributed by atoms with Gasteiger partial charge in [0.25, 0.3) is 0 Å². The predicted octanol–water partition coefficient (Wildman–Crippen LogP) is 1.87. The van der Waals surface area contributed by atoms with Crippen molar-refractivity contribution in [2.45, 2.75) is 51.5 Å². The van der Waals surface area contributed by atoms with Gasteiger partial charge in [-0.1, -0.05) is 39.0 Å². The summed E-state index contributed by atoms with van der Waals surface area (Å²) in [7, 11) is 0. The number of carbonyl (C=O) groups excluding carboxylic acids is 1. The highest BCUT2D eigenvalue weighted by Crippen LogP contribution is 2.05. The Labute approximate surface area is 69.2 Å². The number of aldehydes is 1. The third-order valence-corrected chi connectivity index (χ3v) is 1.82. The average Bonchev–Trinajstić information content (AvgIpc) is 2.04. The van der Waals surface area contributed by atoms with Gasteiger partial charge in [0, 0.05) is 0 Å². The fourth-order valence-corrected chi connectivity index (χ4v) is 1.05. The van der Waals surface area contributed by atoms with E-state index in [-0.39, 0.29) is 6.04 Å². The Morgan fingerprint density at radius 2 is 1.91 bits per heavy atom. The molecule has 0 unspecified atom stereocenters. The number of unbranched alkanes of at least 4 members (excludes halogenated alkanes) is 4. The second kappa shape index (κ2) is 7.73. The molecule has 0 saturated heterocycles. The summed E-state index contributed by atoms with van der Waals surface area (Å²) in [5.74, 6) is 0. The molecule has 0 amide bonds. The molecule has 0 aliphatic rings. The van der Waals surface area contributed by atoms with Gasteiger partial charge in [0.1, 0.15) is 6.29 Å². The molecule has 0 saturated carbocycles. The zero-order chi connectivity index (χ0) is 8.53. The van der Waals surface area contributed by atoms with Crippen LogP contribution in [0.5, 0.6) is 0 Å². The minimum absolute atomic E-state index is 0.225. The van der Waals surface area contributed by atoms with Crippen LogP contribution in [-0.2, 0) is 4.79 Å². The molecule has 2 nitrogen and oxygen atoms in total. The van der Waals surface area contributed by atoms with Crippen molar-refractivity contribution in [2.75, 3.05) is 0 Å². The van der Waals surface area contributed by atoms with Crippen molar-refractivity contribution in [1.29, 1.82) is 0 Å². The maximum atomic E-state index is 10.1. The van der Waals surface area contributed by atoms with Crippen LogP contribution in [0.15, 0.2) is 0 Å². The van der Waals surface area contributed by atoms with E-state index in [1.165, 1.54) is 25.7 Å². The van der Waals surface area contributed by atoms with Crippen LogP contribution < -0.4 is 5.73 Å². The Kier molecular flexibility index (Phi) is 7.47. The van der Waals surface area contributed by atoms with Gasteiger partial charge in [-0.3, -0.25) is 0 Å². The van der Waals surface area contributed by atoms with Crippen LogP contribution in [0.25, 0.3) is 0 Å². The van der Waals surface area contributed by atoms with Crippen LogP contribution >= 0.6 is 0 Å². The van der Waals surface area contributed by atoms with Gasteiger partial charge in [0.2, 0.25) is 0 Å². The molecule has 0 rings (SSSR count). The highest BCUT2D eigenvalue weighted by Gasteiger charge is 1.97. The average molecular weight is 157 g/mol. The molecule has 0 aromatic heterocycles. The molecule has 1 atom stereocenters. The van der Waals surface area contributed by atoms with E-state index in [2.05, 4.69) is 6.92 Å². The van der Waals surface area contributed by atoms with Gasteiger partial charge >= 0.3 is 0 Å². The summed E-state index contributed by atoms with van der Waals surface area (Å²) in [5, 5.41) is 0. The fourth-order valence-electron chi connectivity index (χ4n) is 1.05. The first kappa shape index (κ1) is 10.6. The molecule has 0 spiro atoms. The molecule has 11 heavy (non-hydrogen) atoms. The predicted molar refractivity (Wildman–Crippen MR) is 47.4 cm³/mol. The zero-order valence-electron chi connectivity index (χ0n) is 7.38. The minimum Gasteiger partial charge on any atom is -0.322 e. The number of hydrogen-bond donors (Lipinski definition) is 1. The summed E-state index contributed by atoms with van der Waals surface area (Å²) in [6, 6.07) is -0.225. The molecule has 2 N–H and O–H groups in total. The van der Waals surface area contributed by atoms with Crippen LogP contribution in [0, 0.1) is 0 Å². The highest BCUT2D eigenvalue weighted by atomic mass is 16.1. The normalized spacial score (nSPS) is 12.9. The molecular weight excluding hydrogens is 138 g/mol. The Morgan fingerprint density at radius 1 is 1.27 bits per heavy atom. The second-order valence-corrected chi connectivity index (χ2v) is 3.00. The quantitative estimate of drug-likeness (QED) is 0.453. The Morgan fingerprint density at radius 3 is 2.45 bits per heavy atom. The number of carbonyl (C=O) groups is 1. The Balaban J connectivity index is 2.95. The molecule has 0 bridgehead atoms. The van der Waals surface area contributed by atoms with E-state index in [4.69, 9.17) is 5.73 Å². The minimum atomic E-state index is -0.225. The van der Waals surface area contributed by atoms with Crippen LogP contribution in [-0.4, -0.2) is 12.3 Å². The SMILES string of the molecule is CCCCCCC[C@H](N)C=O. The van der Waals surface area contributed by atoms with E-state index in [1.807, 2.05) is 0 Å². The summed E-state index contributed by atoms with van der Waals surface area (Å²) in [6.07, 6.45) is 7.85. The monoisotopic (exact) mass is 157 g/mol. The van der Waals surface area contributed by atoms with Gasteiger partial charge in [-0.25, -0.2) is 0 Å². The van der Waals surface area contributed by atoms with E-state index in [0.29, 0.717) is 0 Å². The number of rotatable bonds is 7. The summed E-state index contributed by atoms with van der Waals surface area (Å²) in [4.78, 5) is 10.1. The van der Waals surface area contributed by atoms with Gasteiger partial charge in [-0.15, -0.1) is 0 Å². The summed E-state index contributed by atoms with van der Waals surface area (Å²) in [5.41, 5.74) is 5.42. The van der Waals surface area contributed by atoms with Crippen LogP contribution in [0.4, 0.5) is 0 Å². The van der Waals surface area contributed by atoms with E-state index < -0.39 is 0 Å². The zero-order valence-corrected chi connectivity index (χ0v) is 7.38. The van der Waals surface area contributed by atoms with Crippen LogP contribution in [0.2, 0.25) is 0 Å². The van der Waals surface area contributed by atoms with E-state index in [9.17, 15) is 4.79 Å². The van der Waals surface area contributed by atoms with Gasteiger partial charge in [-0.05, 0) is 6.42 Å². The fraction of sp³-hybridized carbons (Fsp3) is 0.889. The molecule has 0 aromatic carbocycles. The van der Waals surface area contributed by atoms with Crippen LogP contribution in [0.3, 0.4) is 0 Å². The summed E-state index contributed by atoms with van der Waals surface area (Å²) in [6.45, 7) is 2.19. The topological polar surface area (TPSA) is 43.1 Å².